The summed E-state index contributed by atoms with van der Waals surface area (Å²) in [5.74, 6) is 0. The third-order valence-corrected chi connectivity index (χ3v) is 1.24. The normalized spacial score (nSPS) is 8.82. The molecule has 0 amide bonds. The van der Waals surface area contributed by atoms with Crippen LogP contribution in [0.2, 0.25) is 0 Å². The minimum absolute atomic E-state index is 0. The molecule has 5 nitrogen and oxygen atoms in total. The lowest BCUT2D eigenvalue weighted by atomic mass is 10.7. The number of ether oxygens (including phenoxy) is 3. The van der Waals surface area contributed by atoms with Gasteiger partial charge in [0.2, 0.25) is 0 Å². The van der Waals surface area contributed by atoms with Crippen LogP contribution in [0.5, 0.6) is 0 Å². The molecular weight excluding hydrogens is 222 g/mol. The molecular formula is C12H33NO4. The number of hydrogen-bond donors (Lipinski definition) is 2. The molecule has 0 aromatic rings. The first-order valence-electron chi connectivity index (χ1n) is 6.46. The van der Waals surface area contributed by atoms with E-state index in [9.17, 15) is 0 Å². The number of nitrogens with two attached hydrogens (primary N) is 1. The largest absolute Gasteiger partial charge is 0.394 e. The fourth-order valence-electron chi connectivity index (χ4n) is 0.690. The van der Waals surface area contributed by atoms with Gasteiger partial charge >= 0.3 is 0 Å². The Morgan fingerprint density at radius 1 is 0.765 bits per heavy atom. The maximum Gasteiger partial charge on any atom is 0.0701 e. The van der Waals surface area contributed by atoms with E-state index in [1.807, 2.05) is 27.7 Å². The second kappa shape index (κ2) is 29.7. The highest BCUT2D eigenvalue weighted by Crippen LogP contribution is 1.80. The Morgan fingerprint density at radius 2 is 1.12 bits per heavy atom. The topological polar surface area (TPSA) is 73.9 Å². The number of rotatable bonds is 10. The van der Waals surface area contributed by atoms with Gasteiger partial charge < -0.3 is 25.1 Å². The Labute approximate surface area is 108 Å². The lowest BCUT2D eigenvalue weighted by Gasteiger charge is -2.04. The molecule has 0 rings (SSSR count). The van der Waals surface area contributed by atoms with E-state index >= 15 is 0 Å². The smallest absolute Gasteiger partial charge is 0.0701 e. The van der Waals surface area contributed by atoms with Crippen molar-refractivity contribution in [3.8, 4) is 0 Å². The average molecular weight is 255 g/mol. The van der Waals surface area contributed by atoms with E-state index in [2.05, 4.69) is 0 Å². The van der Waals surface area contributed by atoms with Gasteiger partial charge in [-0.15, -0.1) is 0 Å². The van der Waals surface area contributed by atoms with Crippen LogP contribution in [0.1, 0.15) is 29.1 Å². The van der Waals surface area contributed by atoms with Crippen molar-refractivity contribution in [2.75, 3.05) is 52.8 Å². The van der Waals surface area contributed by atoms with Crippen molar-refractivity contribution in [3.05, 3.63) is 0 Å². The van der Waals surface area contributed by atoms with Gasteiger partial charge in [-0.05, 0) is 0 Å². The minimum atomic E-state index is 0. The van der Waals surface area contributed by atoms with Crippen LogP contribution in [0.15, 0.2) is 0 Å². The molecule has 0 saturated heterocycles. The molecule has 0 atom stereocenters. The van der Waals surface area contributed by atoms with Crippen LogP contribution in [-0.2, 0) is 14.2 Å². The predicted octanol–water partition coefficient (Wildman–Crippen LogP) is 1.29. The lowest BCUT2D eigenvalue weighted by molar-refractivity contribution is 0.00888. The first-order chi connectivity index (χ1) is 8.41. The van der Waals surface area contributed by atoms with E-state index in [1.165, 1.54) is 0 Å². The molecule has 0 heterocycles. The van der Waals surface area contributed by atoms with Gasteiger partial charge in [0.05, 0.1) is 46.2 Å². The summed E-state index contributed by atoms with van der Waals surface area (Å²) >= 11 is 0. The van der Waals surface area contributed by atoms with Crippen LogP contribution >= 0.6 is 0 Å². The van der Waals surface area contributed by atoms with Crippen LogP contribution in [-0.4, -0.2) is 57.9 Å². The minimum Gasteiger partial charge on any atom is -0.394 e. The second-order valence-electron chi connectivity index (χ2n) is 2.35. The van der Waals surface area contributed by atoms with Crippen LogP contribution in [0.3, 0.4) is 0 Å². The summed E-state index contributed by atoms with van der Waals surface area (Å²) in [5, 5.41) is 8.37. The average Bonchev–Trinajstić information content (AvgIpc) is 2.42. The zero-order chi connectivity index (χ0) is 13.8. The molecule has 0 unspecified atom stereocenters. The molecule has 5 heteroatoms. The molecule has 0 spiro atoms. The van der Waals surface area contributed by atoms with Crippen molar-refractivity contribution in [1.82, 2.24) is 0 Å². The van der Waals surface area contributed by atoms with Gasteiger partial charge in [0.15, 0.2) is 0 Å². The predicted molar refractivity (Wildman–Crippen MR) is 73.4 cm³/mol. The first kappa shape index (κ1) is 22.0. The first-order valence-corrected chi connectivity index (χ1v) is 6.46. The van der Waals surface area contributed by atoms with Crippen LogP contribution in [0.4, 0.5) is 0 Å². The number of aliphatic hydroxyl groups is 1. The number of hydrogen-bond acceptors (Lipinski definition) is 5. The summed E-state index contributed by atoms with van der Waals surface area (Å²) in [6.07, 6.45) is 0. The van der Waals surface area contributed by atoms with Gasteiger partial charge in [-0.3, -0.25) is 0 Å². The summed E-state index contributed by atoms with van der Waals surface area (Å²) in [6.45, 7) is 11.7. The van der Waals surface area contributed by atoms with E-state index in [0.717, 1.165) is 0 Å². The van der Waals surface area contributed by atoms with Crippen molar-refractivity contribution in [2.24, 2.45) is 5.73 Å². The van der Waals surface area contributed by atoms with Gasteiger partial charge in [-0.25, -0.2) is 0 Å². The Bertz CT molecular complexity index is 90.1. The Kier molecular flexibility index (Phi) is 38.4. The third kappa shape index (κ3) is 31.3. The molecule has 0 saturated carbocycles. The molecule has 0 aromatic carbocycles. The third-order valence-electron chi connectivity index (χ3n) is 1.24. The molecule has 0 aliphatic rings. The van der Waals surface area contributed by atoms with Crippen LogP contribution in [0.25, 0.3) is 0 Å². The van der Waals surface area contributed by atoms with Crippen LogP contribution < -0.4 is 5.73 Å². The fraction of sp³-hybridized carbons (Fsp3) is 1.00. The second-order valence-corrected chi connectivity index (χ2v) is 2.35. The Hall–Kier alpha value is -0.200. The van der Waals surface area contributed by atoms with E-state index < -0.39 is 0 Å². The maximum absolute atomic E-state index is 8.37. The monoisotopic (exact) mass is 255 g/mol. The zero-order valence-electron chi connectivity index (χ0n) is 11.9. The molecule has 0 aliphatic heterocycles. The van der Waals surface area contributed by atoms with E-state index in [0.29, 0.717) is 46.2 Å². The molecule has 110 valence electrons. The molecule has 3 N–H and O–H groups in total. The highest BCUT2D eigenvalue weighted by atomic mass is 16.5. The van der Waals surface area contributed by atoms with Crippen molar-refractivity contribution < 1.29 is 20.7 Å². The van der Waals surface area contributed by atoms with E-state index in [4.69, 9.17) is 25.1 Å². The summed E-state index contributed by atoms with van der Waals surface area (Å²) in [5.41, 5.74) is 5.21. The fourth-order valence-corrected chi connectivity index (χ4v) is 0.690. The quantitative estimate of drug-likeness (QED) is 0.575. The van der Waals surface area contributed by atoms with Crippen molar-refractivity contribution in [3.63, 3.8) is 0 Å². The molecule has 0 aromatic heterocycles. The van der Waals surface area contributed by atoms with Crippen LogP contribution in [0, 0.1) is 0 Å². The van der Waals surface area contributed by atoms with Crippen molar-refractivity contribution in [2.45, 2.75) is 27.7 Å². The molecule has 17 heavy (non-hydrogen) atoms. The zero-order valence-corrected chi connectivity index (χ0v) is 11.9. The summed E-state index contributed by atoms with van der Waals surface area (Å²) < 4.78 is 15.2. The molecule has 0 radical (unpaired) electrons. The summed E-state index contributed by atoms with van der Waals surface area (Å²) in [7, 11) is 0. The highest BCUT2D eigenvalue weighted by Gasteiger charge is 1.89. The highest BCUT2D eigenvalue weighted by molar-refractivity contribution is 4.34. The molecule has 0 fully saturated rings. The molecule has 0 aliphatic carbocycles. The molecule has 0 bridgehead atoms. The Morgan fingerprint density at radius 3 is 1.47 bits per heavy atom. The van der Waals surface area contributed by atoms with Gasteiger partial charge in [0.25, 0.3) is 0 Å². The lowest BCUT2D eigenvalue weighted by Crippen LogP contribution is -2.14. The van der Waals surface area contributed by atoms with Gasteiger partial charge in [-0.2, -0.15) is 0 Å². The van der Waals surface area contributed by atoms with Crippen molar-refractivity contribution >= 4 is 0 Å². The SMILES string of the molecule is CC.CC.NCCOCCOCCOCCO.[HH]. The summed E-state index contributed by atoms with van der Waals surface area (Å²) in [6, 6.07) is 0. The Balaban J connectivity index is -0.000000177. The summed E-state index contributed by atoms with van der Waals surface area (Å²) in [4.78, 5) is 0. The van der Waals surface area contributed by atoms with E-state index in [-0.39, 0.29) is 8.03 Å². The van der Waals surface area contributed by atoms with Gasteiger partial charge in [-0.1, -0.05) is 27.7 Å². The maximum atomic E-state index is 8.37. The van der Waals surface area contributed by atoms with E-state index in [1.54, 1.807) is 0 Å². The number of aliphatic hydroxyl groups excluding tert-OH is 1. The standard InChI is InChI=1S/C8H19NO4.2C2H6.H2/c9-1-3-11-5-7-13-8-6-12-4-2-10;2*1-2;/h10H,1-9H2;2*1-2H3;1H. The van der Waals surface area contributed by atoms with Crippen molar-refractivity contribution in [1.29, 1.82) is 0 Å². The van der Waals surface area contributed by atoms with Gasteiger partial charge in [0, 0.05) is 7.97 Å². The van der Waals surface area contributed by atoms with Gasteiger partial charge in [0.1, 0.15) is 0 Å².